The van der Waals surface area contributed by atoms with Crippen molar-refractivity contribution in [1.82, 2.24) is 0 Å². The van der Waals surface area contributed by atoms with Crippen LogP contribution >= 0.6 is 11.8 Å². The van der Waals surface area contributed by atoms with Gasteiger partial charge in [0.2, 0.25) is 0 Å². The summed E-state index contributed by atoms with van der Waals surface area (Å²) in [5.74, 6) is 0.792. The Kier molecular flexibility index (Phi) is 4.25. The first-order chi connectivity index (χ1) is 7.49. The van der Waals surface area contributed by atoms with Crippen molar-refractivity contribution in [2.24, 2.45) is 0 Å². The predicted octanol–water partition coefficient (Wildman–Crippen LogP) is 4.08. The van der Waals surface area contributed by atoms with Crippen LogP contribution in [0.5, 0.6) is 0 Å². The minimum absolute atomic E-state index is 0.0910. The van der Waals surface area contributed by atoms with Crippen LogP contribution in [0.1, 0.15) is 24.5 Å². The average Bonchev–Trinajstić information content (AvgIpc) is 2.24. The molecule has 0 saturated heterocycles. The van der Waals surface area contributed by atoms with Gasteiger partial charge in [0.15, 0.2) is 0 Å². The summed E-state index contributed by atoms with van der Waals surface area (Å²) in [5.41, 5.74) is -0.682. The molecule has 0 aliphatic rings. The van der Waals surface area contributed by atoms with E-state index in [2.05, 4.69) is 0 Å². The fourth-order valence-electron chi connectivity index (χ4n) is 1.13. The number of nitrogens with zero attached hydrogens (tertiary/aromatic N) is 1. The second kappa shape index (κ2) is 5.26. The molecule has 1 aromatic carbocycles. The summed E-state index contributed by atoms with van der Waals surface area (Å²) in [5, 5.41) is 8.78. The molecule has 1 aromatic rings. The minimum atomic E-state index is -4.39. The van der Waals surface area contributed by atoms with Crippen LogP contribution in [0.25, 0.3) is 0 Å². The summed E-state index contributed by atoms with van der Waals surface area (Å²) in [4.78, 5) is 0.609. The molecule has 0 aliphatic heterocycles. The summed E-state index contributed by atoms with van der Waals surface area (Å²) < 4.78 is 37.1. The molecule has 5 heteroatoms. The third-order valence-electron chi connectivity index (χ3n) is 1.89. The topological polar surface area (TPSA) is 23.8 Å². The van der Waals surface area contributed by atoms with Crippen LogP contribution in [0.2, 0.25) is 0 Å². The smallest absolute Gasteiger partial charge is 0.192 e. The van der Waals surface area contributed by atoms with Gasteiger partial charge in [0.1, 0.15) is 6.07 Å². The molecule has 0 spiro atoms. The van der Waals surface area contributed by atoms with Gasteiger partial charge < -0.3 is 0 Å². The SMILES string of the molecule is CCCSc1ccc(C(F)(F)F)cc1C#N. The van der Waals surface area contributed by atoms with Crippen LogP contribution in [0.4, 0.5) is 13.2 Å². The van der Waals surface area contributed by atoms with E-state index < -0.39 is 11.7 Å². The molecule has 86 valence electrons. The van der Waals surface area contributed by atoms with Gasteiger partial charge in [0, 0.05) is 4.90 Å². The highest BCUT2D eigenvalue weighted by molar-refractivity contribution is 7.99. The highest BCUT2D eigenvalue weighted by Gasteiger charge is 2.30. The molecule has 0 fully saturated rings. The highest BCUT2D eigenvalue weighted by Crippen LogP contribution is 2.32. The third kappa shape index (κ3) is 3.17. The van der Waals surface area contributed by atoms with Crippen LogP contribution in [-0.2, 0) is 6.18 Å². The van der Waals surface area contributed by atoms with E-state index in [0.29, 0.717) is 4.90 Å². The van der Waals surface area contributed by atoms with Crippen molar-refractivity contribution in [2.45, 2.75) is 24.4 Å². The molecular formula is C11H10F3NS. The molecule has 0 N–H and O–H groups in total. The fraction of sp³-hybridized carbons (Fsp3) is 0.364. The molecule has 0 saturated carbocycles. The summed E-state index contributed by atoms with van der Waals surface area (Å²) in [6.07, 6.45) is -3.48. The monoisotopic (exact) mass is 245 g/mol. The lowest BCUT2D eigenvalue weighted by Crippen LogP contribution is -2.05. The zero-order valence-corrected chi connectivity index (χ0v) is 9.45. The molecule has 0 atom stereocenters. The number of nitriles is 1. The number of thioether (sulfide) groups is 1. The largest absolute Gasteiger partial charge is 0.416 e. The van der Waals surface area contributed by atoms with E-state index in [-0.39, 0.29) is 5.56 Å². The van der Waals surface area contributed by atoms with Crippen LogP contribution in [0, 0.1) is 11.3 Å². The Labute approximate surface area is 96.3 Å². The molecule has 1 nitrogen and oxygen atoms in total. The Balaban J connectivity index is 3.04. The second-order valence-corrected chi connectivity index (χ2v) is 4.31. The van der Waals surface area contributed by atoms with Crippen molar-refractivity contribution >= 4 is 11.8 Å². The number of alkyl halides is 3. The first-order valence-electron chi connectivity index (χ1n) is 4.73. The number of rotatable bonds is 3. The summed E-state index contributed by atoms with van der Waals surface area (Å²) in [6.45, 7) is 1.98. The van der Waals surface area contributed by atoms with E-state index in [1.165, 1.54) is 17.8 Å². The Morgan fingerprint density at radius 2 is 2.06 bits per heavy atom. The number of hydrogen-bond donors (Lipinski definition) is 0. The fourth-order valence-corrected chi connectivity index (χ4v) is 1.98. The van der Waals surface area contributed by atoms with Crippen molar-refractivity contribution in [2.75, 3.05) is 5.75 Å². The quantitative estimate of drug-likeness (QED) is 0.749. The first kappa shape index (κ1) is 12.9. The standard InChI is InChI=1S/C11H10F3NS/c1-2-5-16-10-4-3-9(11(12,13)14)6-8(10)7-15/h3-4,6H,2,5H2,1H3. The number of benzene rings is 1. The lowest BCUT2D eigenvalue weighted by molar-refractivity contribution is -0.137. The molecule has 0 bridgehead atoms. The van der Waals surface area contributed by atoms with E-state index in [0.717, 1.165) is 24.3 Å². The van der Waals surface area contributed by atoms with Crippen LogP contribution < -0.4 is 0 Å². The molecule has 0 heterocycles. The van der Waals surface area contributed by atoms with Gasteiger partial charge in [-0.2, -0.15) is 18.4 Å². The Morgan fingerprint density at radius 1 is 1.38 bits per heavy atom. The second-order valence-electron chi connectivity index (χ2n) is 3.17. The van der Waals surface area contributed by atoms with Gasteiger partial charge >= 0.3 is 6.18 Å². The van der Waals surface area contributed by atoms with E-state index in [9.17, 15) is 13.2 Å². The van der Waals surface area contributed by atoms with E-state index in [1.807, 2.05) is 6.92 Å². The molecule has 16 heavy (non-hydrogen) atoms. The van der Waals surface area contributed by atoms with Crippen molar-refractivity contribution in [3.05, 3.63) is 29.3 Å². The maximum atomic E-state index is 12.4. The summed E-state index contributed by atoms with van der Waals surface area (Å²) >= 11 is 1.40. The van der Waals surface area contributed by atoms with Crippen LogP contribution in [-0.4, -0.2) is 5.75 Å². The van der Waals surface area contributed by atoms with Gasteiger partial charge in [-0.05, 0) is 30.4 Å². The average molecular weight is 245 g/mol. The normalized spacial score (nSPS) is 11.2. The minimum Gasteiger partial charge on any atom is -0.192 e. The van der Waals surface area contributed by atoms with E-state index >= 15 is 0 Å². The van der Waals surface area contributed by atoms with Gasteiger partial charge in [-0.25, -0.2) is 0 Å². The van der Waals surface area contributed by atoms with E-state index in [1.54, 1.807) is 6.07 Å². The third-order valence-corrected chi connectivity index (χ3v) is 3.17. The molecule has 0 aliphatic carbocycles. The molecule has 1 rings (SSSR count). The predicted molar refractivity (Wildman–Crippen MR) is 57.2 cm³/mol. The lowest BCUT2D eigenvalue weighted by Gasteiger charge is -2.09. The molecule has 0 amide bonds. The van der Waals surface area contributed by atoms with Crippen molar-refractivity contribution in [1.29, 1.82) is 5.26 Å². The Morgan fingerprint density at radius 3 is 2.56 bits per heavy atom. The highest BCUT2D eigenvalue weighted by atomic mass is 32.2. The van der Waals surface area contributed by atoms with Crippen molar-refractivity contribution in [3.8, 4) is 6.07 Å². The lowest BCUT2D eigenvalue weighted by atomic mass is 10.1. The van der Waals surface area contributed by atoms with Gasteiger partial charge in [0.05, 0.1) is 11.1 Å². The Bertz CT molecular complexity index is 407. The summed E-state index contributed by atoms with van der Waals surface area (Å²) in [6, 6.07) is 5.07. The first-order valence-corrected chi connectivity index (χ1v) is 5.71. The summed E-state index contributed by atoms with van der Waals surface area (Å²) in [7, 11) is 0. The van der Waals surface area contributed by atoms with Crippen molar-refractivity contribution < 1.29 is 13.2 Å². The molecule has 0 aromatic heterocycles. The number of halogens is 3. The Hall–Kier alpha value is -1.15. The maximum absolute atomic E-state index is 12.4. The maximum Gasteiger partial charge on any atom is 0.416 e. The van der Waals surface area contributed by atoms with Gasteiger partial charge in [-0.1, -0.05) is 6.92 Å². The molecular weight excluding hydrogens is 235 g/mol. The van der Waals surface area contributed by atoms with Gasteiger partial charge in [-0.15, -0.1) is 11.8 Å². The van der Waals surface area contributed by atoms with Gasteiger partial charge in [0.25, 0.3) is 0 Å². The zero-order chi connectivity index (χ0) is 12.2. The van der Waals surface area contributed by atoms with E-state index in [4.69, 9.17) is 5.26 Å². The van der Waals surface area contributed by atoms with Gasteiger partial charge in [-0.3, -0.25) is 0 Å². The molecule has 0 unspecified atom stereocenters. The van der Waals surface area contributed by atoms with Crippen molar-refractivity contribution in [3.63, 3.8) is 0 Å². The van der Waals surface area contributed by atoms with Crippen LogP contribution in [0.15, 0.2) is 23.1 Å². The molecule has 0 radical (unpaired) electrons. The van der Waals surface area contributed by atoms with Crippen LogP contribution in [0.3, 0.4) is 0 Å². The number of hydrogen-bond acceptors (Lipinski definition) is 2. The zero-order valence-electron chi connectivity index (χ0n) is 8.64.